The molecule has 1 aliphatic heterocycles. The summed E-state index contributed by atoms with van der Waals surface area (Å²) in [6.45, 7) is 4.64. The number of benzene rings is 3. The Kier molecular flexibility index (Phi) is 9.19. The van der Waals surface area contributed by atoms with E-state index in [0.29, 0.717) is 59.8 Å². The van der Waals surface area contributed by atoms with Gasteiger partial charge in [-0.3, -0.25) is 14.6 Å². The molecular formula is C27H28Cl2N4O3. The average molecular weight is 527 g/mol. The first-order valence-corrected chi connectivity index (χ1v) is 12.5. The number of nitrogens with one attached hydrogen (secondary N) is 2. The Labute approximate surface area is 220 Å². The molecule has 3 amide bonds. The van der Waals surface area contributed by atoms with Gasteiger partial charge in [-0.15, -0.1) is 0 Å². The van der Waals surface area contributed by atoms with Crippen molar-refractivity contribution in [3.8, 4) is 0 Å². The molecule has 2 N–H and O–H groups in total. The Morgan fingerprint density at radius 3 is 2.11 bits per heavy atom. The summed E-state index contributed by atoms with van der Waals surface area (Å²) in [5, 5.41) is 7.09. The molecular weight excluding hydrogens is 499 g/mol. The first kappa shape index (κ1) is 26.0. The van der Waals surface area contributed by atoms with Crippen LogP contribution in [0.3, 0.4) is 0 Å². The molecule has 0 atom stereocenters. The maximum Gasteiger partial charge on any atom is 0.326 e. The molecule has 0 aromatic heterocycles. The molecule has 1 saturated heterocycles. The van der Waals surface area contributed by atoms with Crippen molar-refractivity contribution >= 4 is 46.5 Å². The maximum absolute atomic E-state index is 13.2. The van der Waals surface area contributed by atoms with Crippen LogP contribution in [0.5, 0.6) is 0 Å². The van der Waals surface area contributed by atoms with Gasteiger partial charge in [-0.1, -0.05) is 35.3 Å². The average Bonchev–Trinajstić information content (AvgIpc) is 2.90. The molecule has 0 bridgehead atoms. The zero-order valence-electron chi connectivity index (χ0n) is 19.8. The number of hydrogen-bond donors (Lipinski definition) is 2. The summed E-state index contributed by atoms with van der Waals surface area (Å²) in [7, 11) is 0. The van der Waals surface area contributed by atoms with Crippen molar-refractivity contribution in [2.75, 3.05) is 49.6 Å². The fraction of sp³-hybridized carbons (Fsp3) is 0.259. The molecule has 0 spiro atoms. The van der Waals surface area contributed by atoms with Crippen LogP contribution in [-0.2, 0) is 11.3 Å². The number of urea groups is 1. The van der Waals surface area contributed by atoms with Gasteiger partial charge in [-0.05, 0) is 66.2 Å². The van der Waals surface area contributed by atoms with Gasteiger partial charge in [0.15, 0.2) is 0 Å². The van der Waals surface area contributed by atoms with E-state index in [4.69, 9.17) is 27.9 Å². The van der Waals surface area contributed by atoms with E-state index >= 15 is 0 Å². The Hall–Kier alpha value is -3.10. The number of nitrogens with zero attached hydrogens (tertiary/aromatic N) is 2. The van der Waals surface area contributed by atoms with Gasteiger partial charge in [-0.2, -0.15) is 0 Å². The van der Waals surface area contributed by atoms with Crippen LogP contribution in [0.25, 0.3) is 0 Å². The van der Waals surface area contributed by atoms with Crippen LogP contribution in [0.4, 0.5) is 16.2 Å². The van der Waals surface area contributed by atoms with Crippen molar-refractivity contribution < 1.29 is 14.3 Å². The molecule has 3 aromatic rings. The lowest BCUT2D eigenvalue weighted by atomic mass is 10.1. The summed E-state index contributed by atoms with van der Waals surface area (Å²) in [5.41, 5.74) is 2.82. The minimum Gasteiger partial charge on any atom is -0.379 e. The molecule has 1 fully saturated rings. The van der Waals surface area contributed by atoms with Crippen molar-refractivity contribution in [1.82, 2.24) is 10.2 Å². The number of carbonyl (C=O) groups excluding carboxylic acids is 2. The number of anilines is 2. The third-order valence-corrected chi connectivity index (χ3v) is 6.40. The second kappa shape index (κ2) is 12.7. The summed E-state index contributed by atoms with van der Waals surface area (Å²) in [6.07, 6.45) is 0. The highest BCUT2D eigenvalue weighted by atomic mass is 35.5. The fourth-order valence-electron chi connectivity index (χ4n) is 3.82. The van der Waals surface area contributed by atoms with Gasteiger partial charge in [-0.25, -0.2) is 4.79 Å². The number of carbonyl (C=O) groups is 2. The Balaban J connectivity index is 1.43. The molecule has 0 radical (unpaired) electrons. The third-order valence-electron chi connectivity index (χ3n) is 5.89. The Bertz CT molecular complexity index is 1150. The van der Waals surface area contributed by atoms with Gasteiger partial charge in [0.25, 0.3) is 5.91 Å². The van der Waals surface area contributed by atoms with Crippen LogP contribution in [-0.4, -0.2) is 56.2 Å². The molecule has 36 heavy (non-hydrogen) atoms. The molecule has 1 aliphatic rings. The minimum absolute atomic E-state index is 0.193. The van der Waals surface area contributed by atoms with E-state index in [0.717, 1.165) is 18.7 Å². The Morgan fingerprint density at radius 1 is 0.861 bits per heavy atom. The van der Waals surface area contributed by atoms with E-state index in [2.05, 4.69) is 15.5 Å². The van der Waals surface area contributed by atoms with E-state index in [1.54, 1.807) is 65.6 Å². The van der Waals surface area contributed by atoms with Gasteiger partial charge in [0.1, 0.15) is 0 Å². The highest BCUT2D eigenvalue weighted by molar-refractivity contribution is 6.30. The standard InChI is InChI=1S/C27H28Cl2N4O3/c28-22-5-1-20(2-6-22)19-30-26(34)21-3-11-25(12-4-21)33(14-13-32-15-17-36-18-16-32)27(35)31-24-9-7-23(29)8-10-24/h1-12H,13-19H2,(H,30,34)(H,31,35). The summed E-state index contributed by atoms with van der Waals surface area (Å²) in [5.74, 6) is -0.193. The SMILES string of the molecule is O=C(NCc1ccc(Cl)cc1)c1ccc(N(CCN2CCOCC2)C(=O)Nc2ccc(Cl)cc2)cc1. The molecule has 9 heteroatoms. The van der Waals surface area contributed by atoms with E-state index in [1.807, 2.05) is 12.1 Å². The van der Waals surface area contributed by atoms with Gasteiger partial charge in [0, 0.05) is 59.7 Å². The van der Waals surface area contributed by atoms with Crippen LogP contribution >= 0.6 is 23.2 Å². The number of hydrogen-bond acceptors (Lipinski definition) is 4. The summed E-state index contributed by atoms with van der Waals surface area (Å²) >= 11 is 11.9. The smallest absolute Gasteiger partial charge is 0.326 e. The lowest BCUT2D eigenvalue weighted by molar-refractivity contribution is 0.0393. The molecule has 0 saturated carbocycles. The highest BCUT2D eigenvalue weighted by Crippen LogP contribution is 2.19. The Morgan fingerprint density at radius 2 is 1.47 bits per heavy atom. The van der Waals surface area contributed by atoms with Crippen molar-refractivity contribution in [3.05, 3.63) is 94.0 Å². The maximum atomic E-state index is 13.2. The van der Waals surface area contributed by atoms with E-state index in [-0.39, 0.29) is 11.9 Å². The molecule has 0 unspecified atom stereocenters. The van der Waals surface area contributed by atoms with Gasteiger partial charge in [0.05, 0.1) is 13.2 Å². The zero-order valence-corrected chi connectivity index (χ0v) is 21.3. The molecule has 7 nitrogen and oxygen atoms in total. The van der Waals surface area contributed by atoms with Gasteiger partial charge in [0.2, 0.25) is 0 Å². The number of morpholine rings is 1. The minimum atomic E-state index is -0.259. The lowest BCUT2D eigenvalue weighted by Crippen LogP contribution is -2.44. The van der Waals surface area contributed by atoms with Crippen LogP contribution in [0.2, 0.25) is 10.0 Å². The van der Waals surface area contributed by atoms with E-state index in [1.165, 1.54) is 0 Å². The molecule has 3 aromatic carbocycles. The normalized spacial score (nSPS) is 13.7. The van der Waals surface area contributed by atoms with Crippen molar-refractivity contribution in [2.45, 2.75) is 6.54 Å². The summed E-state index contributed by atoms with van der Waals surface area (Å²) in [4.78, 5) is 29.8. The first-order valence-electron chi connectivity index (χ1n) is 11.7. The van der Waals surface area contributed by atoms with Gasteiger partial charge >= 0.3 is 6.03 Å². The van der Waals surface area contributed by atoms with Crippen molar-refractivity contribution in [3.63, 3.8) is 0 Å². The van der Waals surface area contributed by atoms with Gasteiger partial charge < -0.3 is 15.4 Å². The summed E-state index contributed by atoms with van der Waals surface area (Å²) < 4.78 is 5.43. The number of halogens is 2. The first-order chi connectivity index (χ1) is 17.5. The van der Waals surface area contributed by atoms with Crippen molar-refractivity contribution in [2.24, 2.45) is 0 Å². The fourth-order valence-corrected chi connectivity index (χ4v) is 4.07. The van der Waals surface area contributed by atoms with Crippen LogP contribution < -0.4 is 15.5 Å². The predicted octanol–water partition coefficient (Wildman–Crippen LogP) is 5.29. The second-order valence-corrected chi connectivity index (χ2v) is 9.27. The highest BCUT2D eigenvalue weighted by Gasteiger charge is 2.19. The zero-order chi connectivity index (χ0) is 25.3. The largest absolute Gasteiger partial charge is 0.379 e. The quantitative estimate of drug-likeness (QED) is 0.418. The van der Waals surface area contributed by atoms with Crippen LogP contribution in [0, 0.1) is 0 Å². The second-order valence-electron chi connectivity index (χ2n) is 8.40. The molecule has 4 rings (SSSR count). The molecule has 188 valence electrons. The number of amides is 3. The van der Waals surface area contributed by atoms with E-state index in [9.17, 15) is 9.59 Å². The molecule has 1 heterocycles. The number of ether oxygens (including phenoxy) is 1. The third kappa shape index (κ3) is 7.45. The number of rotatable bonds is 8. The predicted molar refractivity (Wildman–Crippen MR) is 144 cm³/mol. The molecule has 0 aliphatic carbocycles. The van der Waals surface area contributed by atoms with Crippen molar-refractivity contribution in [1.29, 1.82) is 0 Å². The monoisotopic (exact) mass is 526 g/mol. The van der Waals surface area contributed by atoms with Crippen LogP contribution in [0.15, 0.2) is 72.8 Å². The van der Waals surface area contributed by atoms with Crippen LogP contribution in [0.1, 0.15) is 15.9 Å². The van der Waals surface area contributed by atoms with E-state index < -0.39 is 0 Å². The summed E-state index contributed by atoms with van der Waals surface area (Å²) in [6, 6.07) is 21.1. The lowest BCUT2D eigenvalue weighted by Gasteiger charge is -2.30. The topological polar surface area (TPSA) is 73.9 Å².